The van der Waals surface area contributed by atoms with Gasteiger partial charge in [-0.15, -0.1) is 0 Å². The van der Waals surface area contributed by atoms with Gasteiger partial charge >= 0.3 is 0 Å². The van der Waals surface area contributed by atoms with Crippen molar-refractivity contribution in [1.29, 1.82) is 0 Å². The van der Waals surface area contributed by atoms with E-state index in [1.807, 2.05) is 35.0 Å². The Labute approximate surface area is 176 Å². The van der Waals surface area contributed by atoms with E-state index in [2.05, 4.69) is 15.1 Å². The zero-order valence-corrected chi connectivity index (χ0v) is 17.6. The fourth-order valence-electron chi connectivity index (χ4n) is 3.80. The molecule has 0 spiro atoms. The Morgan fingerprint density at radius 3 is 2.33 bits per heavy atom. The molecule has 2 N–H and O–H groups in total. The average molecular weight is 425 g/mol. The van der Waals surface area contributed by atoms with Gasteiger partial charge in [-0.05, 0) is 49.9 Å². The molecule has 30 heavy (non-hydrogen) atoms. The average Bonchev–Trinajstić information content (AvgIpc) is 2.90. The Morgan fingerprint density at radius 2 is 1.60 bits per heavy atom. The molecule has 1 amide bonds. The van der Waals surface area contributed by atoms with Crippen molar-refractivity contribution >= 4 is 27.3 Å². The second-order valence-electron chi connectivity index (χ2n) is 7.46. The minimum absolute atomic E-state index is 0.321. The van der Waals surface area contributed by atoms with Crippen LogP contribution in [-0.2, 0) is 22.9 Å². The number of hydrogen-bond acceptors (Lipinski definition) is 4. The number of para-hydroxylation sites is 3. The van der Waals surface area contributed by atoms with Crippen molar-refractivity contribution in [3.63, 3.8) is 0 Å². The highest BCUT2D eigenvalue weighted by molar-refractivity contribution is 7.92. The lowest BCUT2D eigenvalue weighted by Gasteiger charge is -2.11. The number of amides is 1. The summed E-state index contributed by atoms with van der Waals surface area (Å²) in [5, 5.41) is 7.51. The number of rotatable bonds is 5. The highest BCUT2D eigenvalue weighted by Crippen LogP contribution is 2.28. The standard InChI is InChI=1S/C22H24N4O3S/c1-30(28,29)25-19-14-9-8-13-18(19)23-22(27)21-17-12-6-3-7-15-20(17)26(24-21)16-10-4-2-5-11-16/h2,4-5,8-11,13-14,25H,3,6-7,12,15H2,1H3,(H,23,27). The first-order valence-corrected chi connectivity index (χ1v) is 11.9. The van der Waals surface area contributed by atoms with Crippen LogP contribution in [-0.4, -0.2) is 30.4 Å². The molecule has 1 aliphatic rings. The van der Waals surface area contributed by atoms with Crippen LogP contribution in [0.2, 0.25) is 0 Å². The van der Waals surface area contributed by atoms with Crippen molar-refractivity contribution in [1.82, 2.24) is 9.78 Å². The molecular weight excluding hydrogens is 400 g/mol. The van der Waals surface area contributed by atoms with Gasteiger partial charge < -0.3 is 5.32 Å². The van der Waals surface area contributed by atoms with Gasteiger partial charge in [-0.25, -0.2) is 13.1 Å². The van der Waals surface area contributed by atoms with Crippen LogP contribution in [0.1, 0.15) is 41.0 Å². The molecule has 156 valence electrons. The monoisotopic (exact) mass is 424 g/mol. The maximum Gasteiger partial charge on any atom is 0.276 e. The van der Waals surface area contributed by atoms with Crippen molar-refractivity contribution in [2.24, 2.45) is 0 Å². The molecule has 0 radical (unpaired) electrons. The number of fused-ring (bicyclic) bond motifs is 1. The maximum absolute atomic E-state index is 13.2. The topological polar surface area (TPSA) is 93.1 Å². The van der Waals surface area contributed by atoms with Gasteiger partial charge in [0.05, 0.1) is 23.3 Å². The predicted molar refractivity (Wildman–Crippen MR) is 118 cm³/mol. The Balaban J connectivity index is 1.71. The maximum atomic E-state index is 13.2. The molecule has 0 saturated carbocycles. The van der Waals surface area contributed by atoms with Gasteiger partial charge in [0.2, 0.25) is 10.0 Å². The molecule has 0 unspecified atom stereocenters. The van der Waals surface area contributed by atoms with Gasteiger partial charge in [0.15, 0.2) is 5.69 Å². The number of nitrogens with zero attached hydrogens (tertiary/aromatic N) is 2. The molecule has 1 heterocycles. The predicted octanol–water partition coefficient (Wildman–Crippen LogP) is 3.77. The Kier molecular flexibility index (Phi) is 5.59. The molecule has 0 atom stereocenters. The number of nitrogens with one attached hydrogen (secondary N) is 2. The van der Waals surface area contributed by atoms with E-state index >= 15 is 0 Å². The van der Waals surface area contributed by atoms with Crippen molar-refractivity contribution < 1.29 is 13.2 Å². The summed E-state index contributed by atoms with van der Waals surface area (Å²) in [4.78, 5) is 13.2. The number of aromatic nitrogens is 2. The first kappa shape index (κ1) is 20.2. The lowest BCUT2D eigenvalue weighted by Crippen LogP contribution is -2.17. The molecule has 7 nitrogen and oxygen atoms in total. The number of carbonyl (C=O) groups excluding carboxylic acids is 1. The van der Waals surface area contributed by atoms with Crippen LogP contribution >= 0.6 is 0 Å². The van der Waals surface area contributed by atoms with Gasteiger partial charge in [-0.1, -0.05) is 36.8 Å². The molecule has 0 fully saturated rings. The normalized spacial score (nSPS) is 13.9. The minimum atomic E-state index is -3.47. The van der Waals surface area contributed by atoms with Gasteiger partial charge in [-0.3, -0.25) is 9.52 Å². The third kappa shape index (κ3) is 4.38. The van der Waals surface area contributed by atoms with Crippen LogP contribution in [0.5, 0.6) is 0 Å². The number of carbonyl (C=O) groups is 1. The smallest absolute Gasteiger partial charge is 0.276 e. The summed E-state index contributed by atoms with van der Waals surface area (Å²) < 4.78 is 27.6. The van der Waals surface area contributed by atoms with Crippen molar-refractivity contribution in [3.05, 3.63) is 71.5 Å². The molecule has 1 aliphatic carbocycles. The van der Waals surface area contributed by atoms with E-state index < -0.39 is 10.0 Å². The van der Waals surface area contributed by atoms with Crippen LogP contribution in [0.4, 0.5) is 11.4 Å². The largest absolute Gasteiger partial charge is 0.319 e. The number of hydrogen-bond donors (Lipinski definition) is 2. The second kappa shape index (κ2) is 8.31. The molecule has 8 heteroatoms. The molecule has 1 aromatic heterocycles. The van der Waals surface area contributed by atoms with Gasteiger partial charge in [0.25, 0.3) is 5.91 Å². The quantitative estimate of drug-likeness (QED) is 0.610. The Morgan fingerprint density at radius 1 is 0.933 bits per heavy atom. The fourth-order valence-corrected chi connectivity index (χ4v) is 4.38. The molecule has 4 rings (SSSR count). The summed E-state index contributed by atoms with van der Waals surface area (Å²) in [6.45, 7) is 0. The molecule has 3 aromatic rings. The molecule has 0 aliphatic heterocycles. The van der Waals surface area contributed by atoms with Crippen LogP contribution in [0, 0.1) is 0 Å². The first-order valence-electron chi connectivity index (χ1n) is 9.97. The molecule has 0 bridgehead atoms. The van der Waals surface area contributed by atoms with E-state index in [1.165, 1.54) is 0 Å². The van der Waals surface area contributed by atoms with E-state index in [9.17, 15) is 13.2 Å². The summed E-state index contributed by atoms with van der Waals surface area (Å²) in [5.41, 5.74) is 4.08. The third-order valence-corrected chi connectivity index (χ3v) is 5.71. The second-order valence-corrected chi connectivity index (χ2v) is 9.20. The van der Waals surface area contributed by atoms with Gasteiger partial charge in [0, 0.05) is 11.3 Å². The summed E-state index contributed by atoms with van der Waals surface area (Å²) in [7, 11) is -3.47. The van der Waals surface area contributed by atoms with Gasteiger partial charge in [0.1, 0.15) is 0 Å². The third-order valence-electron chi connectivity index (χ3n) is 5.12. The van der Waals surface area contributed by atoms with Crippen molar-refractivity contribution in [2.45, 2.75) is 32.1 Å². The van der Waals surface area contributed by atoms with Crippen LogP contribution < -0.4 is 10.0 Å². The van der Waals surface area contributed by atoms with E-state index in [-0.39, 0.29) is 5.91 Å². The summed E-state index contributed by atoms with van der Waals surface area (Å²) >= 11 is 0. The Hall–Kier alpha value is -3.13. The fraction of sp³-hybridized carbons (Fsp3) is 0.273. The summed E-state index contributed by atoms with van der Waals surface area (Å²) in [5.74, 6) is -0.342. The summed E-state index contributed by atoms with van der Waals surface area (Å²) in [6.07, 6.45) is 5.94. The minimum Gasteiger partial charge on any atom is -0.319 e. The number of anilines is 2. The van der Waals surface area contributed by atoms with Gasteiger partial charge in [-0.2, -0.15) is 5.10 Å². The van der Waals surface area contributed by atoms with Crippen LogP contribution in [0.25, 0.3) is 5.69 Å². The van der Waals surface area contributed by atoms with E-state index in [4.69, 9.17) is 0 Å². The van der Waals surface area contributed by atoms with Crippen LogP contribution in [0.3, 0.4) is 0 Å². The summed E-state index contributed by atoms with van der Waals surface area (Å²) in [6, 6.07) is 16.5. The molecule has 2 aromatic carbocycles. The zero-order valence-electron chi connectivity index (χ0n) is 16.8. The molecule has 0 saturated heterocycles. The SMILES string of the molecule is CS(=O)(=O)Nc1ccccc1NC(=O)c1nn(-c2ccccc2)c2c1CCCCC2. The number of benzene rings is 2. The van der Waals surface area contributed by atoms with Crippen LogP contribution in [0.15, 0.2) is 54.6 Å². The zero-order chi connectivity index (χ0) is 21.1. The van der Waals surface area contributed by atoms with E-state index in [0.717, 1.165) is 55.3 Å². The van der Waals surface area contributed by atoms with Crippen molar-refractivity contribution in [2.75, 3.05) is 16.3 Å². The first-order chi connectivity index (χ1) is 14.4. The Bertz CT molecular complexity index is 1170. The highest BCUT2D eigenvalue weighted by Gasteiger charge is 2.25. The molecular formula is C22H24N4O3S. The lowest BCUT2D eigenvalue weighted by molar-refractivity contribution is 0.102. The van der Waals surface area contributed by atoms with E-state index in [1.54, 1.807) is 24.3 Å². The number of sulfonamides is 1. The van der Waals surface area contributed by atoms with E-state index in [0.29, 0.717) is 17.1 Å². The lowest BCUT2D eigenvalue weighted by atomic mass is 10.1. The highest BCUT2D eigenvalue weighted by atomic mass is 32.2. The van der Waals surface area contributed by atoms with Crippen molar-refractivity contribution in [3.8, 4) is 5.69 Å².